The predicted octanol–water partition coefficient (Wildman–Crippen LogP) is 1.61. The van der Waals surface area contributed by atoms with E-state index in [9.17, 15) is 0 Å². The minimum Gasteiger partial charge on any atom is -0.377 e. The first kappa shape index (κ1) is 12.3. The summed E-state index contributed by atoms with van der Waals surface area (Å²) in [6.07, 6.45) is 6.88. The number of nitrogens with zero attached hydrogens (tertiary/aromatic N) is 1. The van der Waals surface area contributed by atoms with Gasteiger partial charge >= 0.3 is 0 Å². The molecule has 0 bridgehead atoms. The van der Waals surface area contributed by atoms with Crippen molar-refractivity contribution in [2.24, 2.45) is 11.7 Å². The van der Waals surface area contributed by atoms with E-state index in [2.05, 4.69) is 11.8 Å². The van der Waals surface area contributed by atoms with E-state index < -0.39 is 0 Å². The summed E-state index contributed by atoms with van der Waals surface area (Å²) in [5, 5.41) is 0. The minimum atomic E-state index is 0.451. The van der Waals surface area contributed by atoms with E-state index in [1.165, 1.54) is 45.2 Å². The Balaban J connectivity index is 1.76. The van der Waals surface area contributed by atoms with Crippen molar-refractivity contribution in [2.45, 2.75) is 51.2 Å². The lowest BCUT2D eigenvalue weighted by atomic mass is 10.0. The maximum Gasteiger partial charge on any atom is 0.0702 e. The van der Waals surface area contributed by atoms with Crippen LogP contribution in [0, 0.1) is 5.92 Å². The normalized spacial score (nSPS) is 36.8. The molecule has 16 heavy (non-hydrogen) atoms. The SMILES string of the molecule is CCOC1CCCN(CC2CCCC2N)C1. The van der Waals surface area contributed by atoms with Gasteiger partial charge in [-0.15, -0.1) is 0 Å². The van der Waals surface area contributed by atoms with Crippen molar-refractivity contribution < 1.29 is 4.74 Å². The third-order valence-electron chi connectivity index (χ3n) is 4.08. The highest BCUT2D eigenvalue weighted by Crippen LogP contribution is 2.26. The highest BCUT2D eigenvalue weighted by Gasteiger charge is 2.28. The molecule has 2 fully saturated rings. The highest BCUT2D eigenvalue weighted by molar-refractivity contribution is 4.84. The maximum atomic E-state index is 6.13. The molecule has 1 aliphatic heterocycles. The fourth-order valence-corrected chi connectivity index (χ4v) is 3.17. The van der Waals surface area contributed by atoms with Crippen LogP contribution in [-0.2, 0) is 4.74 Å². The van der Waals surface area contributed by atoms with Gasteiger partial charge in [0, 0.05) is 25.7 Å². The van der Waals surface area contributed by atoms with E-state index in [1.54, 1.807) is 0 Å². The van der Waals surface area contributed by atoms with E-state index in [0.717, 1.165) is 19.1 Å². The molecule has 0 radical (unpaired) electrons. The number of piperidine rings is 1. The van der Waals surface area contributed by atoms with Crippen LogP contribution < -0.4 is 5.73 Å². The lowest BCUT2D eigenvalue weighted by Crippen LogP contribution is -2.44. The zero-order valence-electron chi connectivity index (χ0n) is 10.5. The van der Waals surface area contributed by atoms with Crippen molar-refractivity contribution in [3.05, 3.63) is 0 Å². The third kappa shape index (κ3) is 3.19. The molecule has 2 aliphatic rings. The molecule has 0 amide bonds. The Labute approximate surface area is 99.3 Å². The first-order valence-corrected chi connectivity index (χ1v) is 6.89. The van der Waals surface area contributed by atoms with Crippen molar-refractivity contribution in [1.29, 1.82) is 0 Å². The van der Waals surface area contributed by atoms with Gasteiger partial charge in [-0.2, -0.15) is 0 Å². The van der Waals surface area contributed by atoms with Gasteiger partial charge in [0.15, 0.2) is 0 Å². The van der Waals surface area contributed by atoms with Gasteiger partial charge < -0.3 is 15.4 Å². The molecule has 1 saturated heterocycles. The third-order valence-corrected chi connectivity index (χ3v) is 4.08. The van der Waals surface area contributed by atoms with E-state index in [-0.39, 0.29) is 0 Å². The average molecular weight is 226 g/mol. The summed E-state index contributed by atoms with van der Waals surface area (Å²) in [5.41, 5.74) is 6.13. The first-order chi connectivity index (χ1) is 7.79. The Morgan fingerprint density at radius 3 is 2.81 bits per heavy atom. The Morgan fingerprint density at radius 1 is 1.25 bits per heavy atom. The number of hydrogen-bond donors (Lipinski definition) is 1. The Morgan fingerprint density at radius 2 is 2.12 bits per heavy atom. The molecule has 1 heterocycles. The summed E-state index contributed by atoms with van der Waals surface area (Å²) in [4.78, 5) is 2.57. The van der Waals surface area contributed by atoms with Gasteiger partial charge in [0.05, 0.1) is 6.10 Å². The Kier molecular flexibility index (Phi) is 4.62. The molecule has 1 saturated carbocycles. The Hall–Kier alpha value is -0.120. The predicted molar refractivity (Wildman–Crippen MR) is 66.4 cm³/mol. The van der Waals surface area contributed by atoms with Crippen LogP contribution in [0.4, 0.5) is 0 Å². The molecular formula is C13H26N2O. The molecular weight excluding hydrogens is 200 g/mol. The second-order valence-corrected chi connectivity index (χ2v) is 5.33. The molecule has 0 aromatic heterocycles. The molecule has 2 rings (SSSR count). The van der Waals surface area contributed by atoms with Crippen LogP contribution >= 0.6 is 0 Å². The topological polar surface area (TPSA) is 38.5 Å². The van der Waals surface area contributed by atoms with Crippen molar-refractivity contribution >= 4 is 0 Å². The molecule has 0 spiro atoms. The standard InChI is InChI=1S/C13H26N2O/c1-2-16-12-6-4-8-15(10-12)9-11-5-3-7-13(11)14/h11-13H,2-10,14H2,1H3. The first-order valence-electron chi connectivity index (χ1n) is 6.89. The lowest BCUT2D eigenvalue weighted by Gasteiger charge is -2.34. The zero-order valence-corrected chi connectivity index (χ0v) is 10.5. The fraction of sp³-hybridized carbons (Fsp3) is 1.00. The second kappa shape index (κ2) is 5.99. The van der Waals surface area contributed by atoms with Gasteiger partial charge in [-0.25, -0.2) is 0 Å². The molecule has 2 N–H and O–H groups in total. The van der Waals surface area contributed by atoms with Gasteiger partial charge in [-0.1, -0.05) is 6.42 Å². The van der Waals surface area contributed by atoms with E-state index in [4.69, 9.17) is 10.5 Å². The van der Waals surface area contributed by atoms with Crippen LogP contribution in [0.1, 0.15) is 39.0 Å². The van der Waals surface area contributed by atoms with Crippen molar-refractivity contribution in [3.63, 3.8) is 0 Å². The number of nitrogens with two attached hydrogens (primary N) is 1. The van der Waals surface area contributed by atoms with E-state index in [0.29, 0.717) is 12.1 Å². The molecule has 3 atom stereocenters. The van der Waals surface area contributed by atoms with E-state index >= 15 is 0 Å². The summed E-state index contributed by atoms with van der Waals surface area (Å²) >= 11 is 0. The van der Waals surface area contributed by atoms with Crippen LogP contribution in [0.2, 0.25) is 0 Å². The number of hydrogen-bond acceptors (Lipinski definition) is 3. The number of ether oxygens (including phenoxy) is 1. The largest absolute Gasteiger partial charge is 0.377 e. The van der Waals surface area contributed by atoms with Crippen molar-refractivity contribution in [2.75, 3.05) is 26.2 Å². The summed E-state index contributed by atoms with van der Waals surface area (Å²) in [6.45, 7) is 6.50. The molecule has 1 aliphatic carbocycles. The lowest BCUT2D eigenvalue weighted by molar-refractivity contribution is 0.00151. The van der Waals surface area contributed by atoms with Gasteiger partial charge in [0.1, 0.15) is 0 Å². The minimum absolute atomic E-state index is 0.451. The second-order valence-electron chi connectivity index (χ2n) is 5.33. The summed E-state index contributed by atoms with van der Waals surface area (Å²) in [6, 6.07) is 0.451. The van der Waals surface area contributed by atoms with Gasteiger partial charge in [-0.3, -0.25) is 0 Å². The molecule has 3 unspecified atom stereocenters. The van der Waals surface area contributed by atoms with Gasteiger partial charge in [-0.05, 0) is 45.1 Å². The van der Waals surface area contributed by atoms with Crippen LogP contribution in [-0.4, -0.2) is 43.3 Å². The quantitative estimate of drug-likeness (QED) is 0.791. The van der Waals surface area contributed by atoms with E-state index in [1.807, 2.05) is 0 Å². The molecule has 94 valence electrons. The smallest absolute Gasteiger partial charge is 0.0702 e. The monoisotopic (exact) mass is 226 g/mol. The van der Waals surface area contributed by atoms with Crippen LogP contribution in [0.5, 0.6) is 0 Å². The maximum absolute atomic E-state index is 6.13. The van der Waals surface area contributed by atoms with Crippen LogP contribution in [0.15, 0.2) is 0 Å². The zero-order chi connectivity index (χ0) is 11.4. The van der Waals surface area contributed by atoms with Crippen LogP contribution in [0.25, 0.3) is 0 Å². The molecule has 0 aromatic rings. The summed E-state index contributed by atoms with van der Waals surface area (Å²) in [5.74, 6) is 0.736. The molecule has 3 heteroatoms. The number of rotatable bonds is 4. The van der Waals surface area contributed by atoms with Crippen molar-refractivity contribution in [1.82, 2.24) is 4.90 Å². The molecule has 3 nitrogen and oxygen atoms in total. The fourth-order valence-electron chi connectivity index (χ4n) is 3.17. The van der Waals surface area contributed by atoms with Gasteiger partial charge in [0.25, 0.3) is 0 Å². The summed E-state index contributed by atoms with van der Waals surface area (Å²) < 4.78 is 5.73. The number of likely N-dealkylation sites (tertiary alicyclic amines) is 1. The Bertz CT molecular complexity index is 208. The summed E-state index contributed by atoms with van der Waals surface area (Å²) in [7, 11) is 0. The van der Waals surface area contributed by atoms with Crippen molar-refractivity contribution in [3.8, 4) is 0 Å². The molecule has 0 aromatic carbocycles. The van der Waals surface area contributed by atoms with Crippen LogP contribution in [0.3, 0.4) is 0 Å². The van der Waals surface area contributed by atoms with Gasteiger partial charge in [0.2, 0.25) is 0 Å². The highest BCUT2D eigenvalue weighted by atomic mass is 16.5. The average Bonchev–Trinajstić information content (AvgIpc) is 2.66.